The zero-order valence-electron chi connectivity index (χ0n) is 9.43. The lowest BCUT2D eigenvalue weighted by atomic mass is 10.1. The summed E-state index contributed by atoms with van der Waals surface area (Å²) in [5.41, 5.74) is 1.18. The quantitative estimate of drug-likeness (QED) is 0.823. The van der Waals surface area contributed by atoms with Crippen LogP contribution in [-0.4, -0.2) is 11.2 Å². The first-order valence-electron chi connectivity index (χ1n) is 5.59. The van der Waals surface area contributed by atoms with Gasteiger partial charge < -0.3 is 5.11 Å². The van der Waals surface area contributed by atoms with Gasteiger partial charge in [0.2, 0.25) is 0 Å². The zero-order chi connectivity index (χ0) is 11.4. The molecule has 1 atom stereocenters. The summed E-state index contributed by atoms with van der Waals surface area (Å²) in [6, 6.07) is 14.7. The molecule has 0 bridgehead atoms. The number of aliphatic hydroxyl groups excluding tert-OH is 1. The number of rotatable bonds is 3. The van der Waals surface area contributed by atoms with Crippen LogP contribution >= 0.6 is 0 Å². The van der Waals surface area contributed by atoms with E-state index in [0.717, 1.165) is 0 Å². The maximum atomic E-state index is 9.15. The summed E-state index contributed by atoms with van der Waals surface area (Å²) in [6.07, 6.45) is 4.50. The minimum atomic E-state index is -0.267. The van der Waals surface area contributed by atoms with Crippen LogP contribution in [-0.2, 0) is 0 Å². The maximum absolute atomic E-state index is 9.15. The average molecular weight is 212 g/mol. The Morgan fingerprint density at radius 1 is 1.12 bits per heavy atom. The molecule has 0 saturated heterocycles. The Hall–Kier alpha value is -1.60. The fourth-order valence-corrected chi connectivity index (χ4v) is 1.71. The van der Waals surface area contributed by atoms with Crippen molar-refractivity contribution >= 4 is 16.8 Å². The molecule has 1 heteroatoms. The van der Waals surface area contributed by atoms with Gasteiger partial charge in [-0.25, -0.2) is 0 Å². The molecule has 0 spiro atoms. The van der Waals surface area contributed by atoms with Crippen LogP contribution in [0.1, 0.15) is 18.9 Å². The molecule has 0 aliphatic heterocycles. The number of hydrogen-bond acceptors (Lipinski definition) is 1. The second kappa shape index (κ2) is 4.95. The first kappa shape index (κ1) is 10.9. The normalized spacial score (nSPS) is 13.4. The van der Waals surface area contributed by atoms with Gasteiger partial charge in [0.1, 0.15) is 0 Å². The van der Waals surface area contributed by atoms with Gasteiger partial charge in [-0.15, -0.1) is 0 Å². The molecule has 0 fully saturated rings. The Balaban J connectivity index is 2.22. The van der Waals surface area contributed by atoms with Gasteiger partial charge in [-0.05, 0) is 35.7 Å². The summed E-state index contributed by atoms with van der Waals surface area (Å²) in [4.78, 5) is 0. The molecule has 2 aromatic rings. The summed E-state index contributed by atoms with van der Waals surface area (Å²) in [5.74, 6) is 0. The minimum absolute atomic E-state index is 0.267. The standard InChI is InChI=1S/C15H16O/c1-12(16)5-4-6-13-9-10-14-7-2-3-8-15(14)11-13/h2-4,6-12,16H,5H2,1H3/b6-4+. The summed E-state index contributed by atoms with van der Waals surface area (Å²) in [5, 5.41) is 11.7. The highest BCUT2D eigenvalue weighted by molar-refractivity contribution is 5.84. The highest BCUT2D eigenvalue weighted by atomic mass is 16.3. The fraction of sp³-hybridized carbons (Fsp3) is 0.200. The van der Waals surface area contributed by atoms with Crippen molar-refractivity contribution < 1.29 is 5.11 Å². The van der Waals surface area contributed by atoms with E-state index in [-0.39, 0.29) is 6.10 Å². The topological polar surface area (TPSA) is 20.2 Å². The Morgan fingerprint density at radius 3 is 2.62 bits per heavy atom. The van der Waals surface area contributed by atoms with Crippen molar-refractivity contribution in [1.29, 1.82) is 0 Å². The third-order valence-electron chi connectivity index (χ3n) is 2.56. The predicted octanol–water partition coefficient (Wildman–Crippen LogP) is 3.62. The van der Waals surface area contributed by atoms with E-state index in [4.69, 9.17) is 5.11 Å². The smallest absolute Gasteiger partial charge is 0.0546 e. The molecule has 1 nitrogen and oxygen atoms in total. The first-order chi connectivity index (χ1) is 7.75. The molecule has 0 aliphatic carbocycles. The maximum Gasteiger partial charge on any atom is 0.0546 e. The lowest BCUT2D eigenvalue weighted by molar-refractivity contribution is 0.199. The van der Waals surface area contributed by atoms with E-state index in [1.807, 2.05) is 18.2 Å². The highest BCUT2D eigenvalue weighted by Gasteiger charge is 1.93. The van der Waals surface area contributed by atoms with Crippen LogP contribution in [0.15, 0.2) is 48.5 Å². The largest absolute Gasteiger partial charge is 0.393 e. The molecule has 2 aromatic carbocycles. The monoisotopic (exact) mass is 212 g/mol. The van der Waals surface area contributed by atoms with Gasteiger partial charge in [-0.3, -0.25) is 0 Å². The van der Waals surface area contributed by atoms with Gasteiger partial charge in [0.05, 0.1) is 6.10 Å². The second-order valence-corrected chi connectivity index (χ2v) is 4.09. The van der Waals surface area contributed by atoms with Crippen LogP contribution in [0.25, 0.3) is 16.8 Å². The predicted molar refractivity (Wildman–Crippen MR) is 69.3 cm³/mol. The number of benzene rings is 2. The molecule has 1 N–H and O–H groups in total. The molecule has 0 radical (unpaired) electrons. The fourth-order valence-electron chi connectivity index (χ4n) is 1.71. The Morgan fingerprint density at radius 2 is 1.88 bits per heavy atom. The van der Waals surface area contributed by atoms with Gasteiger partial charge in [0.25, 0.3) is 0 Å². The average Bonchev–Trinajstić information content (AvgIpc) is 2.28. The Bertz CT molecular complexity index is 498. The Kier molecular flexibility index (Phi) is 3.37. The number of aliphatic hydroxyl groups is 1. The lowest BCUT2D eigenvalue weighted by Crippen LogP contribution is -1.95. The molecule has 16 heavy (non-hydrogen) atoms. The van der Waals surface area contributed by atoms with Gasteiger partial charge in [0.15, 0.2) is 0 Å². The summed E-state index contributed by atoms with van der Waals surface area (Å²) in [7, 11) is 0. The van der Waals surface area contributed by atoms with Crippen molar-refractivity contribution in [2.75, 3.05) is 0 Å². The van der Waals surface area contributed by atoms with Gasteiger partial charge in [0, 0.05) is 0 Å². The summed E-state index contributed by atoms with van der Waals surface area (Å²) >= 11 is 0. The van der Waals surface area contributed by atoms with E-state index in [9.17, 15) is 0 Å². The van der Waals surface area contributed by atoms with Crippen molar-refractivity contribution in [1.82, 2.24) is 0 Å². The van der Waals surface area contributed by atoms with Crippen LogP contribution in [0.3, 0.4) is 0 Å². The van der Waals surface area contributed by atoms with Gasteiger partial charge >= 0.3 is 0 Å². The SMILES string of the molecule is CC(O)C/C=C/c1ccc2ccccc2c1. The van der Waals surface area contributed by atoms with Crippen LogP contribution < -0.4 is 0 Å². The molecule has 0 aromatic heterocycles. The third kappa shape index (κ3) is 2.71. The molecular formula is C15H16O. The van der Waals surface area contributed by atoms with E-state index in [1.54, 1.807) is 6.92 Å². The highest BCUT2D eigenvalue weighted by Crippen LogP contribution is 2.16. The molecule has 82 valence electrons. The molecule has 2 rings (SSSR count). The number of hydrogen-bond donors (Lipinski definition) is 1. The van der Waals surface area contributed by atoms with Crippen molar-refractivity contribution in [2.45, 2.75) is 19.4 Å². The van der Waals surface area contributed by atoms with Crippen molar-refractivity contribution in [2.24, 2.45) is 0 Å². The van der Waals surface area contributed by atoms with Gasteiger partial charge in [-0.1, -0.05) is 48.6 Å². The molecule has 0 heterocycles. The van der Waals surface area contributed by atoms with Gasteiger partial charge in [-0.2, -0.15) is 0 Å². The number of fused-ring (bicyclic) bond motifs is 1. The molecule has 0 amide bonds. The van der Waals surface area contributed by atoms with Crippen LogP contribution in [0.5, 0.6) is 0 Å². The molecule has 1 unspecified atom stereocenters. The van der Waals surface area contributed by atoms with Crippen molar-refractivity contribution in [3.05, 3.63) is 54.1 Å². The lowest BCUT2D eigenvalue weighted by Gasteiger charge is -2.00. The minimum Gasteiger partial charge on any atom is -0.393 e. The van der Waals surface area contributed by atoms with Crippen LogP contribution in [0.2, 0.25) is 0 Å². The van der Waals surface area contributed by atoms with Crippen molar-refractivity contribution in [3.63, 3.8) is 0 Å². The van der Waals surface area contributed by atoms with Crippen LogP contribution in [0.4, 0.5) is 0 Å². The molecule has 0 saturated carbocycles. The summed E-state index contributed by atoms with van der Waals surface area (Å²) in [6.45, 7) is 1.80. The second-order valence-electron chi connectivity index (χ2n) is 4.09. The zero-order valence-corrected chi connectivity index (χ0v) is 9.43. The van der Waals surface area contributed by atoms with E-state index < -0.39 is 0 Å². The van der Waals surface area contributed by atoms with Crippen molar-refractivity contribution in [3.8, 4) is 0 Å². The van der Waals surface area contributed by atoms with E-state index >= 15 is 0 Å². The van der Waals surface area contributed by atoms with E-state index in [2.05, 4.69) is 36.4 Å². The van der Waals surface area contributed by atoms with E-state index in [1.165, 1.54) is 16.3 Å². The molecule has 0 aliphatic rings. The van der Waals surface area contributed by atoms with E-state index in [0.29, 0.717) is 6.42 Å². The first-order valence-corrected chi connectivity index (χ1v) is 5.59. The van der Waals surface area contributed by atoms with Crippen LogP contribution in [0, 0.1) is 0 Å². The third-order valence-corrected chi connectivity index (χ3v) is 2.56. The summed E-state index contributed by atoms with van der Waals surface area (Å²) < 4.78 is 0. The molecular weight excluding hydrogens is 196 g/mol. The Labute approximate surface area is 96.0 Å².